The molecule has 0 N–H and O–H groups in total. The third kappa shape index (κ3) is 1.67. The number of nitrogens with zero attached hydrogens (tertiary/aromatic N) is 2. The van der Waals surface area contributed by atoms with Crippen molar-refractivity contribution in [2.24, 2.45) is 5.92 Å². The summed E-state index contributed by atoms with van der Waals surface area (Å²) in [6.45, 7) is 6.31. The van der Waals surface area contributed by atoms with Gasteiger partial charge in [0.1, 0.15) is 0 Å². The lowest BCUT2D eigenvalue weighted by molar-refractivity contribution is 0.0544. The summed E-state index contributed by atoms with van der Waals surface area (Å²) in [5, 5.41) is 7.90. The van der Waals surface area contributed by atoms with E-state index < -0.39 is 0 Å². The first-order chi connectivity index (χ1) is 6.59. The van der Waals surface area contributed by atoms with Crippen LogP contribution in [0.2, 0.25) is 0 Å². The van der Waals surface area contributed by atoms with Crippen molar-refractivity contribution in [3.8, 4) is 0 Å². The van der Waals surface area contributed by atoms with Gasteiger partial charge in [-0.25, -0.2) is 0 Å². The van der Waals surface area contributed by atoms with Gasteiger partial charge in [0.15, 0.2) is 0 Å². The van der Waals surface area contributed by atoms with Crippen LogP contribution in [0.1, 0.15) is 32.6 Å². The largest absolute Gasteiger partial charge is 0.416 e. The van der Waals surface area contributed by atoms with Gasteiger partial charge >= 0.3 is 0 Å². The molecule has 1 saturated heterocycles. The molecule has 14 heavy (non-hydrogen) atoms. The minimum Gasteiger partial charge on any atom is -0.416 e. The van der Waals surface area contributed by atoms with E-state index in [0.29, 0.717) is 15.7 Å². The number of hydrogen-bond donors (Lipinski definition) is 0. The van der Waals surface area contributed by atoms with Crippen molar-refractivity contribution in [2.45, 2.75) is 38.9 Å². The summed E-state index contributed by atoms with van der Waals surface area (Å²) in [6.07, 6.45) is 0.427. The fourth-order valence-corrected chi connectivity index (χ4v) is 2.38. The number of ether oxygens (including phenoxy) is 1. The maximum Gasteiger partial charge on any atom is 0.278 e. The van der Waals surface area contributed by atoms with Crippen LogP contribution in [-0.4, -0.2) is 22.4 Å². The molecule has 1 fully saturated rings. The van der Waals surface area contributed by atoms with Crippen LogP contribution in [0.3, 0.4) is 0 Å². The fraction of sp³-hybridized carbons (Fsp3) is 0.778. The molecule has 0 bridgehead atoms. The van der Waals surface area contributed by atoms with E-state index in [1.807, 2.05) is 22.6 Å². The van der Waals surface area contributed by atoms with Crippen molar-refractivity contribution in [1.29, 1.82) is 0 Å². The van der Waals surface area contributed by atoms with Gasteiger partial charge in [-0.3, -0.25) is 0 Å². The van der Waals surface area contributed by atoms with Crippen molar-refractivity contribution < 1.29 is 9.15 Å². The maximum atomic E-state index is 5.72. The average molecular weight is 308 g/mol. The number of halogens is 1. The normalized spacial score (nSPS) is 37.7. The van der Waals surface area contributed by atoms with Gasteiger partial charge in [-0.2, -0.15) is 0 Å². The van der Waals surface area contributed by atoms with E-state index in [0.717, 1.165) is 0 Å². The molecular weight excluding hydrogens is 295 g/mol. The highest BCUT2D eigenvalue weighted by molar-refractivity contribution is 14.1. The van der Waals surface area contributed by atoms with Gasteiger partial charge in [-0.05, 0) is 19.8 Å². The molecule has 2 heterocycles. The summed E-state index contributed by atoms with van der Waals surface area (Å²) >= 11 is 2.03. The Morgan fingerprint density at radius 3 is 2.29 bits per heavy atom. The summed E-state index contributed by atoms with van der Waals surface area (Å²) < 4.78 is 11.8. The summed E-state index contributed by atoms with van der Waals surface area (Å²) in [5.74, 6) is 1.38. The van der Waals surface area contributed by atoms with Crippen LogP contribution in [-0.2, 0) is 4.74 Å². The first kappa shape index (κ1) is 10.4. The van der Waals surface area contributed by atoms with Gasteiger partial charge < -0.3 is 9.15 Å². The zero-order chi connectivity index (χ0) is 10.3. The van der Waals surface area contributed by atoms with Gasteiger partial charge in [0.25, 0.3) is 3.90 Å². The number of rotatable bonds is 1. The predicted molar refractivity (Wildman–Crippen MR) is 58.9 cm³/mol. The summed E-state index contributed by atoms with van der Waals surface area (Å²) in [7, 11) is 0. The number of hydrogen-bond acceptors (Lipinski definition) is 4. The van der Waals surface area contributed by atoms with Crippen molar-refractivity contribution >= 4 is 22.6 Å². The summed E-state index contributed by atoms with van der Waals surface area (Å²) in [4.78, 5) is 0. The molecule has 5 heteroatoms. The molecule has 0 amide bonds. The average Bonchev–Trinajstić information content (AvgIpc) is 2.60. The lowest BCUT2D eigenvalue weighted by atomic mass is 9.89. The predicted octanol–water partition coefficient (Wildman–Crippen LogP) is 2.20. The van der Waals surface area contributed by atoms with Crippen LogP contribution in [0.15, 0.2) is 4.42 Å². The van der Waals surface area contributed by atoms with Crippen molar-refractivity contribution in [3.05, 3.63) is 9.79 Å². The molecule has 1 aromatic heterocycles. The minimum atomic E-state index is 0.163. The Morgan fingerprint density at radius 2 is 1.86 bits per heavy atom. The van der Waals surface area contributed by atoms with E-state index in [1.54, 1.807) is 0 Å². The van der Waals surface area contributed by atoms with Gasteiger partial charge in [0.2, 0.25) is 5.89 Å². The highest BCUT2D eigenvalue weighted by atomic mass is 127. The molecule has 4 atom stereocenters. The fourth-order valence-electron chi connectivity index (χ4n) is 2.04. The van der Waals surface area contributed by atoms with Gasteiger partial charge in [0, 0.05) is 22.6 Å². The molecule has 4 unspecified atom stereocenters. The van der Waals surface area contributed by atoms with Crippen LogP contribution < -0.4 is 0 Å². The van der Waals surface area contributed by atoms with E-state index >= 15 is 0 Å². The summed E-state index contributed by atoms with van der Waals surface area (Å²) in [6, 6.07) is 0. The van der Waals surface area contributed by atoms with E-state index in [2.05, 4.69) is 31.0 Å². The Labute approximate surface area is 96.6 Å². The zero-order valence-electron chi connectivity index (χ0n) is 8.40. The van der Waals surface area contributed by atoms with Crippen LogP contribution in [0.25, 0.3) is 0 Å². The molecule has 0 aliphatic carbocycles. The Bertz CT molecular complexity index is 328. The Hall–Kier alpha value is -0.170. The van der Waals surface area contributed by atoms with E-state index in [1.165, 1.54) is 0 Å². The standard InChI is InChI=1S/C9H13IN2O2/c1-4-5(2)13-6(3)7(4)8-11-12-9(10)14-8/h4-7H,1-3H3. The van der Waals surface area contributed by atoms with Crippen LogP contribution >= 0.6 is 22.6 Å². The van der Waals surface area contributed by atoms with E-state index in [9.17, 15) is 0 Å². The lowest BCUT2D eigenvalue weighted by Crippen LogP contribution is -2.15. The molecular formula is C9H13IN2O2. The minimum absolute atomic E-state index is 0.163. The smallest absolute Gasteiger partial charge is 0.278 e. The lowest BCUT2D eigenvalue weighted by Gasteiger charge is -2.13. The van der Waals surface area contributed by atoms with Crippen molar-refractivity contribution in [3.63, 3.8) is 0 Å². The van der Waals surface area contributed by atoms with Crippen molar-refractivity contribution in [2.75, 3.05) is 0 Å². The molecule has 0 aromatic carbocycles. The Morgan fingerprint density at radius 1 is 1.14 bits per heavy atom. The molecule has 1 aliphatic rings. The van der Waals surface area contributed by atoms with Crippen LogP contribution in [0.4, 0.5) is 0 Å². The molecule has 0 saturated carbocycles. The molecule has 78 valence electrons. The van der Waals surface area contributed by atoms with E-state index in [4.69, 9.17) is 9.15 Å². The van der Waals surface area contributed by atoms with Gasteiger partial charge in [-0.15, -0.1) is 10.2 Å². The van der Waals surface area contributed by atoms with Gasteiger partial charge in [0.05, 0.1) is 18.1 Å². The third-order valence-electron chi connectivity index (χ3n) is 2.94. The third-order valence-corrected chi connectivity index (χ3v) is 3.38. The molecule has 1 aromatic rings. The topological polar surface area (TPSA) is 48.2 Å². The van der Waals surface area contributed by atoms with E-state index in [-0.39, 0.29) is 18.1 Å². The molecule has 4 nitrogen and oxygen atoms in total. The first-order valence-corrected chi connectivity index (χ1v) is 5.82. The molecule has 0 radical (unpaired) electrons. The highest BCUT2D eigenvalue weighted by Crippen LogP contribution is 2.39. The zero-order valence-corrected chi connectivity index (χ0v) is 10.6. The first-order valence-electron chi connectivity index (χ1n) is 4.74. The number of aromatic nitrogens is 2. The molecule has 1 aliphatic heterocycles. The highest BCUT2D eigenvalue weighted by Gasteiger charge is 2.41. The SMILES string of the molecule is CC1OC(C)C(c2nnc(I)o2)C1C. The second-order valence-electron chi connectivity index (χ2n) is 3.82. The molecule has 2 rings (SSSR count). The van der Waals surface area contributed by atoms with Crippen LogP contribution in [0.5, 0.6) is 0 Å². The van der Waals surface area contributed by atoms with Crippen molar-refractivity contribution in [1.82, 2.24) is 10.2 Å². The summed E-state index contributed by atoms with van der Waals surface area (Å²) in [5.41, 5.74) is 0. The second kappa shape index (κ2) is 3.77. The monoisotopic (exact) mass is 308 g/mol. The quantitative estimate of drug-likeness (QED) is 0.746. The maximum absolute atomic E-state index is 5.72. The van der Waals surface area contributed by atoms with Gasteiger partial charge in [-0.1, -0.05) is 6.92 Å². The Balaban J connectivity index is 2.25. The van der Waals surface area contributed by atoms with Crippen LogP contribution in [0, 0.1) is 9.82 Å². The second-order valence-corrected chi connectivity index (χ2v) is 4.75. The Kier molecular flexibility index (Phi) is 2.79. The molecule has 0 spiro atoms.